The first kappa shape index (κ1) is 18.8. The molecule has 0 aliphatic rings. The second-order valence-corrected chi connectivity index (χ2v) is 6.32. The normalized spacial score (nSPS) is 10.6. The van der Waals surface area contributed by atoms with E-state index in [2.05, 4.69) is 22.0 Å². The number of rotatable bonds is 9. The largest absolute Gasteiger partial charge is 0.481 e. The van der Waals surface area contributed by atoms with E-state index in [9.17, 15) is 9.59 Å². The summed E-state index contributed by atoms with van der Waals surface area (Å²) >= 11 is 0. The maximum absolute atomic E-state index is 12.4. The maximum atomic E-state index is 12.4. The zero-order valence-corrected chi connectivity index (χ0v) is 14.9. The van der Waals surface area contributed by atoms with E-state index in [0.29, 0.717) is 18.5 Å². The summed E-state index contributed by atoms with van der Waals surface area (Å²) in [4.78, 5) is 22.9. The van der Waals surface area contributed by atoms with Crippen molar-refractivity contribution in [2.45, 2.75) is 46.1 Å². The van der Waals surface area contributed by atoms with Crippen molar-refractivity contribution in [2.75, 3.05) is 6.54 Å². The fourth-order valence-electron chi connectivity index (χ4n) is 2.92. The molecular formula is C20H26N2O3. The summed E-state index contributed by atoms with van der Waals surface area (Å²) in [5, 5.41) is 11.5. The molecule has 0 spiro atoms. The average molecular weight is 342 g/mol. The second-order valence-electron chi connectivity index (χ2n) is 6.32. The molecule has 0 bridgehead atoms. The summed E-state index contributed by atoms with van der Waals surface area (Å²) < 4.78 is 2.15. The SMILES string of the molecule is Cc1cc(C(=O)NCCCCCC(=O)O)c(C)n1Cc1ccccc1. The van der Waals surface area contributed by atoms with Crippen LogP contribution in [0.25, 0.3) is 0 Å². The van der Waals surface area contributed by atoms with Gasteiger partial charge in [-0.05, 0) is 38.3 Å². The fourth-order valence-corrected chi connectivity index (χ4v) is 2.92. The Morgan fingerprint density at radius 1 is 1.08 bits per heavy atom. The van der Waals surface area contributed by atoms with Crippen molar-refractivity contribution in [1.82, 2.24) is 9.88 Å². The van der Waals surface area contributed by atoms with Gasteiger partial charge >= 0.3 is 5.97 Å². The third-order valence-electron chi connectivity index (χ3n) is 4.35. The van der Waals surface area contributed by atoms with Crippen LogP contribution in [0.5, 0.6) is 0 Å². The predicted molar refractivity (Wildman–Crippen MR) is 97.9 cm³/mol. The van der Waals surface area contributed by atoms with Crippen LogP contribution >= 0.6 is 0 Å². The number of aryl methyl sites for hydroxylation is 1. The summed E-state index contributed by atoms with van der Waals surface area (Å²) in [5.41, 5.74) is 3.94. The van der Waals surface area contributed by atoms with Crippen molar-refractivity contribution in [3.8, 4) is 0 Å². The monoisotopic (exact) mass is 342 g/mol. The number of unbranched alkanes of at least 4 members (excludes halogenated alkanes) is 2. The van der Waals surface area contributed by atoms with Crippen molar-refractivity contribution < 1.29 is 14.7 Å². The molecule has 2 N–H and O–H groups in total. The molecule has 25 heavy (non-hydrogen) atoms. The van der Waals surface area contributed by atoms with Gasteiger partial charge in [0.15, 0.2) is 0 Å². The van der Waals surface area contributed by atoms with Crippen LogP contribution in [0.2, 0.25) is 0 Å². The van der Waals surface area contributed by atoms with Crippen LogP contribution < -0.4 is 5.32 Å². The molecule has 2 aromatic rings. The number of carbonyl (C=O) groups is 2. The molecule has 5 heteroatoms. The van der Waals surface area contributed by atoms with Crippen LogP contribution in [-0.4, -0.2) is 28.1 Å². The second kappa shape index (κ2) is 9.06. The first-order valence-corrected chi connectivity index (χ1v) is 8.69. The number of aliphatic carboxylic acids is 1. The Hall–Kier alpha value is -2.56. The number of nitrogens with zero attached hydrogens (tertiary/aromatic N) is 1. The summed E-state index contributed by atoms with van der Waals surface area (Å²) in [6, 6.07) is 12.1. The lowest BCUT2D eigenvalue weighted by molar-refractivity contribution is -0.137. The molecular weight excluding hydrogens is 316 g/mol. The third-order valence-corrected chi connectivity index (χ3v) is 4.35. The minimum Gasteiger partial charge on any atom is -0.481 e. The molecule has 1 aromatic carbocycles. The highest BCUT2D eigenvalue weighted by molar-refractivity contribution is 5.95. The van der Waals surface area contributed by atoms with Crippen molar-refractivity contribution in [1.29, 1.82) is 0 Å². The lowest BCUT2D eigenvalue weighted by Crippen LogP contribution is -2.25. The molecule has 0 aliphatic heterocycles. The summed E-state index contributed by atoms with van der Waals surface area (Å²) in [7, 11) is 0. The maximum Gasteiger partial charge on any atom is 0.303 e. The lowest BCUT2D eigenvalue weighted by atomic mass is 10.2. The van der Waals surface area contributed by atoms with Gasteiger partial charge in [0.2, 0.25) is 0 Å². The van der Waals surface area contributed by atoms with Crippen LogP contribution in [0.15, 0.2) is 36.4 Å². The molecule has 0 atom stereocenters. The molecule has 1 amide bonds. The van der Waals surface area contributed by atoms with E-state index in [-0.39, 0.29) is 12.3 Å². The van der Waals surface area contributed by atoms with Crippen molar-refractivity contribution in [2.24, 2.45) is 0 Å². The van der Waals surface area contributed by atoms with Crippen LogP contribution in [-0.2, 0) is 11.3 Å². The van der Waals surface area contributed by atoms with Crippen LogP contribution in [0.1, 0.15) is 53.0 Å². The summed E-state index contributed by atoms with van der Waals surface area (Å²) in [5.74, 6) is -0.833. The number of hydrogen-bond donors (Lipinski definition) is 2. The predicted octanol–water partition coefficient (Wildman–Crippen LogP) is 3.53. The van der Waals surface area contributed by atoms with Gasteiger partial charge in [-0.2, -0.15) is 0 Å². The molecule has 2 rings (SSSR count). The Balaban J connectivity index is 1.90. The van der Waals surface area contributed by atoms with Gasteiger partial charge in [-0.3, -0.25) is 9.59 Å². The molecule has 134 valence electrons. The number of nitrogens with one attached hydrogen (secondary N) is 1. The molecule has 1 aromatic heterocycles. The molecule has 1 heterocycles. The highest BCUT2D eigenvalue weighted by Crippen LogP contribution is 2.17. The smallest absolute Gasteiger partial charge is 0.303 e. The summed E-state index contributed by atoms with van der Waals surface area (Å²) in [6.45, 7) is 5.30. The van der Waals surface area contributed by atoms with E-state index in [0.717, 1.165) is 30.8 Å². The zero-order chi connectivity index (χ0) is 18.2. The van der Waals surface area contributed by atoms with Gasteiger partial charge in [-0.1, -0.05) is 36.8 Å². The van der Waals surface area contributed by atoms with Crippen molar-refractivity contribution >= 4 is 11.9 Å². The van der Waals surface area contributed by atoms with E-state index in [1.807, 2.05) is 38.1 Å². The first-order chi connectivity index (χ1) is 12.0. The molecule has 0 saturated heterocycles. The van der Waals surface area contributed by atoms with Gasteiger partial charge in [0.1, 0.15) is 0 Å². The summed E-state index contributed by atoms with van der Waals surface area (Å²) in [6.07, 6.45) is 2.44. The van der Waals surface area contributed by atoms with Crippen LogP contribution in [0.4, 0.5) is 0 Å². The fraction of sp³-hybridized carbons (Fsp3) is 0.400. The molecule has 0 radical (unpaired) electrons. The molecule has 0 fully saturated rings. The van der Waals surface area contributed by atoms with Gasteiger partial charge in [-0.15, -0.1) is 0 Å². The number of aromatic nitrogens is 1. The van der Waals surface area contributed by atoms with E-state index in [4.69, 9.17) is 5.11 Å². The highest BCUT2D eigenvalue weighted by atomic mass is 16.4. The number of carboxylic acids is 1. The van der Waals surface area contributed by atoms with Crippen molar-refractivity contribution in [3.63, 3.8) is 0 Å². The average Bonchev–Trinajstić information content (AvgIpc) is 2.87. The molecule has 0 aliphatic carbocycles. The standard InChI is InChI=1S/C20H26N2O3/c1-15-13-18(20(25)21-12-8-4-7-11-19(23)24)16(2)22(15)14-17-9-5-3-6-10-17/h3,5-6,9-10,13H,4,7-8,11-12,14H2,1-2H3,(H,21,25)(H,23,24). The van der Waals surface area contributed by atoms with Crippen LogP contribution in [0.3, 0.4) is 0 Å². The Morgan fingerprint density at radius 3 is 2.48 bits per heavy atom. The lowest BCUT2D eigenvalue weighted by Gasteiger charge is -2.10. The minimum absolute atomic E-state index is 0.0642. The number of carboxylic acid groups (broad SMARTS) is 1. The minimum atomic E-state index is -0.769. The van der Waals surface area contributed by atoms with Gasteiger partial charge in [0, 0.05) is 30.9 Å². The quantitative estimate of drug-likeness (QED) is 0.685. The molecule has 0 unspecified atom stereocenters. The zero-order valence-electron chi connectivity index (χ0n) is 14.9. The Morgan fingerprint density at radius 2 is 1.80 bits per heavy atom. The highest BCUT2D eigenvalue weighted by Gasteiger charge is 2.15. The van der Waals surface area contributed by atoms with E-state index in [1.165, 1.54) is 5.56 Å². The van der Waals surface area contributed by atoms with Gasteiger partial charge in [0.25, 0.3) is 5.91 Å². The number of benzene rings is 1. The molecule has 0 saturated carbocycles. The number of hydrogen-bond acceptors (Lipinski definition) is 2. The molecule has 5 nitrogen and oxygen atoms in total. The van der Waals surface area contributed by atoms with E-state index < -0.39 is 5.97 Å². The Bertz CT molecular complexity index is 720. The first-order valence-electron chi connectivity index (χ1n) is 8.69. The Labute approximate surface area is 148 Å². The van der Waals surface area contributed by atoms with E-state index in [1.54, 1.807) is 0 Å². The van der Waals surface area contributed by atoms with Crippen LogP contribution in [0, 0.1) is 13.8 Å². The number of amides is 1. The third kappa shape index (κ3) is 5.48. The van der Waals surface area contributed by atoms with E-state index >= 15 is 0 Å². The van der Waals surface area contributed by atoms with Gasteiger partial charge < -0.3 is 15.0 Å². The Kier molecular flexibility index (Phi) is 6.81. The van der Waals surface area contributed by atoms with Gasteiger partial charge in [-0.25, -0.2) is 0 Å². The topological polar surface area (TPSA) is 71.3 Å². The number of carbonyl (C=O) groups excluding carboxylic acids is 1. The van der Waals surface area contributed by atoms with Gasteiger partial charge in [0.05, 0.1) is 5.56 Å². The van der Waals surface area contributed by atoms with Crippen molar-refractivity contribution in [3.05, 3.63) is 58.9 Å².